The topological polar surface area (TPSA) is 122 Å². The number of hydrogen-bond donors (Lipinski definition) is 3. The SMILES string of the molecule is CN(C)CCCCNC(=O)c1cn2c3c(c(N4CC[C@@H](NCCCNCCCn5ccnc5)C4)c(F)cc3c1=O)Oc1cc3c(cc1-2)oc1ccccc13. The first-order chi connectivity index (χ1) is 26.4. The van der Waals surface area contributed by atoms with E-state index >= 15 is 4.39 Å². The second-order valence-corrected chi connectivity index (χ2v) is 14.6. The average Bonchev–Trinajstić information content (AvgIpc) is 3.93. The van der Waals surface area contributed by atoms with Crippen molar-refractivity contribution in [2.45, 2.75) is 44.7 Å². The molecule has 3 N–H and O–H groups in total. The van der Waals surface area contributed by atoms with E-state index in [1.165, 1.54) is 6.07 Å². The van der Waals surface area contributed by atoms with Crippen LogP contribution in [0.5, 0.6) is 11.5 Å². The van der Waals surface area contributed by atoms with E-state index in [1.807, 2.05) is 67.9 Å². The van der Waals surface area contributed by atoms with Gasteiger partial charge < -0.3 is 44.0 Å². The quantitative estimate of drug-likeness (QED) is 0.108. The summed E-state index contributed by atoms with van der Waals surface area (Å²) in [5, 5.41) is 12.0. The molecule has 1 saturated heterocycles. The fraction of sp³-hybridized carbons (Fsp3) is 0.390. The highest BCUT2D eigenvalue weighted by atomic mass is 19.1. The Kier molecular flexibility index (Phi) is 10.3. The van der Waals surface area contributed by atoms with Gasteiger partial charge in [-0.25, -0.2) is 9.37 Å². The molecule has 8 rings (SSSR count). The number of pyridine rings is 1. The number of rotatable bonds is 16. The molecule has 5 heterocycles. The third-order valence-electron chi connectivity index (χ3n) is 10.5. The molecule has 0 saturated carbocycles. The summed E-state index contributed by atoms with van der Waals surface area (Å²) in [7, 11) is 4.01. The molecule has 0 unspecified atom stereocenters. The van der Waals surface area contributed by atoms with Crippen LogP contribution in [0.4, 0.5) is 10.1 Å². The van der Waals surface area contributed by atoms with Crippen LogP contribution in [0.2, 0.25) is 0 Å². The molecule has 0 spiro atoms. The first-order valence-electron chi connectivity index (χ1n) is 19.0. The number of para-hydroxylation sites is 1. The fourth-order valence-corrected chi connectivity index (χ4v) is 7.71. The Balaban J connectivity index is 1.05. The number of halogens is 1. The Labute approximate surface area is 312 Å². The number of anilines is 1. The van der Waals surface area contributed by atoms with Crippen LogP contribution in [0.15, 0.2) is 76.6 Å². The first-order valence-corrected chi connectivity index (χ1v) is 19.0. The predicted molar refractivity (Wildman–Crippen MR) is 210 cm³/mol. The zero-order chi connectivity index (χ0) is 37.2. The number of carbonyl (C=O) groups excluding carboxylic acids is 1. The lowest BCUT2D eigenvalue weighted by molar-refractivity contribution is 0.0951. The highest BCUT2D eigenvalue weighted by molar-refractivity contribution is 6.07. The van der Waals surface area contributed by atoms with Crippen LogP contribution in [-0.2, 0) is 6.54 Å². The maximum Gasteiger partial charge on any atom is 0.256 e. The van der Waals surface area contributed by atoms with Crippen LogP contribution in [0, 0.1) is 5.82 Å². The van der Waals surface area contributed by atoms with Crippen molar-refractivity contribution >= 4 is 44.4 Å². The number of aryl methyl sites for hydroxylation is 1. The fourth-order valence-electron chi connectivity index (χ4n) is 7.71. The van der Waals surface area contributed by atoms with E-state index in [0.717, 1.165) is 81.2 Å². The zero-order valence-electron chi connectivity index (χ0n) is 30.9. The summed E-state index contributed by atoms with van der Waals surface area (Å²) in [6.07, 6.45) is 11.7. The highest BCUT2D eigenvalue weighted by Gasteiger charge is 2.34. The Morgan fingerprint density at radius 1 is 1.00 bits per heavy atom. The Bertz CT molecular complexity index is 2350. The van der Waals surface area contributed by atoms with Gasteiger partial charge in [0, 0.05) is 67.7 Å². The third-order valence-corrected chi connectivity index (χ3v) is 10.5. The van der Waals surface area contributed by atoms with E-state index in [0.29, 0.717) is 47.9 Å². The van der Waals surface area contributed by atoms with Gasteiger partial charge in [0.05, 0.1) is 17.4 Å². The smallest absolute Gasteiger partial charge is 0.256 e. The lowest BCUT2D eigenvalue weighted by atomic mass is 10.0. The van der Waals surface area contributed by atoms with Gasteiger partial charge in [-0.3, -0.25) is 9.59 Å². The summed E-state index contributed by atoms with van der Waals surface area (Å²) in [6.45, 7) is 6.19. The molecule has 0 bridgehead atoms. The molecule has 13 heteroatoms. The molecule has 2 aliphatic rings. The van der Waals surface area contributed by atoms with Crippen LogP contribution in [-0.4, -0.2) is 90.9 Å². The number of benzene rings is 3. The standard InChI is InChI=1S/C41H47FN8O4/c1-47(2)17-6-5-14-46-41(52)31-25-50-33-23-35-29(28-9-3-4-10-34(28)53-35)22-36(33)54-40-37(50)30(39(31)51)21-32(42)38(40)49-19-11-27(24-49)45-15-7-12-43-13-8-18-48-20-16-44-26-48/h3-4,9-10,16,20-23,25-27,43,45H,5-8,11-15,17-19,24H2,1-2H3,(H,46,52)/t27-/m1/s1. The lowest BCUT2D eigenvalue weighted by Crippen LogP contribution is -2.35. The van der Waals surface area contributed by atoms with E-state index in [1.54, 1.807) is 17.0 Å². The average molecular weight is 735 g/mol. The maximum absolute atomic E-state index is 16.5. The maximum atomic E-state index is 16.5. The summed E-state index contributed by atoms with van der Waals surface area (Å²) < 4.78 is 33.2. The lowest BCUT2D eigenvalue weighted by Gasteiger charge is -2.29. The summed E-state index contributed by atoms with van der Waals surface area (Å²) >= 11 is 0. The summed E-state index contributed by atoms with van der Waals surface area (Å²) in [5.74, 6) is -0.281. The van der Waals surface area contributed by atoms with Crippen LogP contribution in [0.1, 0.15) is 42.5 Å². The normalized spacial score (nSPS) is 15.1. The Hall–Kier alpha value is -5.24. The van der Waals surface area contributed by atoms with Crippen molar-refractivity contribution in [2.75, 3.05) is 64.8 Å². The van der Waals surface area contributed by atoms with Crippen LogP contribution >= 0.6 is 0 Å². The van der Waals surface area contributed by atoms with Gasteiger partial charge in [-0.2, -0.15) is 0 Å². The van der Waals surface area contributed by atoms with Gasteiger partial charge in [-0.15, -0.1) is 0 Å². The van der Waals surface area contributed by atoms with Crippen LogP contribution in [0.25, 0.3) is 38.5 Å². The van der Waals surface area contributed by atoms with Crippen molar-refractivity contribution in [3.8, 4) is 17.2 Å². The number of nitrogens with zero attached hydrogens (tertiary/aromatic N) is 5. The number of unbranched alkanes of at least 4 members (excludes halogenated alkanes) is 1. The number of ether oxygens (including phenoxy) is 1. The van der Waals surface area contributed by atoms with E-state index < -0.39 is 17.2 Å². The molecular weight excluding hydrogens is 688 g/mol. The first kappa shape index (κ1) is 35.8. The van der Waals surface area contributed by atoms with Crippen molar-refractivity contribution in [1.29, 1.82) is 0 Å². The number of aromatic nitrogens is 3. The number of hydrogen-bond acceptors (Lipinski definition) is 9. The van der Waals surface area contributed by atoms with Crippen LogP contribution < -0.4 is 31.0 Å². The zero-order valence-corrected chi connectivity index (χ0v) is 30.9. The number of furan rings is 1. The monoisotopic (exact) mass is 734 g/mol. The minimum Gasteiger partial charge on any atom is -0.456 e. The summed E-state index contributed by atoms with van der Waals surface area (Å²) in [6, 6.07) is 13.0. The minimum atomic E-state index is -0.554. The summed E-state index contributed by atoms with van der Waals surface area (Å²) in [5.41, 5.74) is 2.14. The summed E-state index contributed by atoms with van der Waals surface area (Å²) in [4.78, 5) is 35.7. The van der Waals surface area contributed by atoms with Gasteiger partial charge in [0.2, 0.25) is 5.43 Å². The predicted octanol–water partition coefficient (Wildman–Crippen LogP) is 5.64. The van der Waals surface area contributed by atoms with Crippen molar-refractivity contribution in [1.82, 2.24) is 35.0 Å². The third kappa shape index (κ3) is 7.18. The van der Waals surface area contributed by atoms with Crippen molar-refractivity contribution in [3.63, 3.8) is 0 Å². The second-order valence-electron chi connectivity index (χ2n) is 14.6. The van der Waals surface area contributed by atoms with Crippen molar-refractivity contribution in [3.05, 3.63) is 89.0 Å². The Morgan fingerprint density at radius 2 is 1.87 bits per heavy atom. The molecule has 1 atom stereocenters. The van der Waals surface area contributed by atoms with Gasteiger partial charge in [0.25, 0.3) is 5.91 Å². The van der Waals surface area contributed by atoms with E-state index in [2.05, 4.69) is 30.4 Å². The molecule has 1 amide bonds. The molecule has 54 heavy (non-hydrogen) atoms. The molecule has 3 aromatic carbocycles. The molecule has 3 aromatic heterocycles. The Morgan fingerprint density at radius 3 is 2.72 bits per heavy atom. The van der Waals surface area contributed by atoms with Crippen molar-refractivity contribution in [2.24, 2.45) is 0 Å². The second kappa shape index (κ2) is 15.6. The van der Waals surface area contributed by atoms with Gasteiger partial charge in [0.15, 0.2) is 17.3 Å². The molecular formula is C41H47FN8O4. The largest absolute Gasteiger partial charge is 0.456 e. The number of imidazole rings is 1. The molecule has 0 radical (unpaired) electrons. The highest BCUT2D eigenvalue weighted by Crippen LogP contribution is 2.49. The molecule has 2 aliphatic heterocycles. The number of carbonyl (C=O) groups is 1. The molecule has 0 aliphatic carbocycles. The van der Waals surface area contributed by atoms with Crippen molar-refractivity contribution < 1.29 is 18.3 Å². The number of amides is 1. The van der Waals surface area contributed by atoms with Gasteiger partial charge in [-0.05, 0) is 90.6 Å². The van der Waals surface area contributed by atoms with E-state index in [9.17, 15) is 9.59 Å². The molecule has 12 nitrogen and oxygen atoms in total. The number of fused-ring (bicyclic) bond motifs is 5. The van der Waals surface area contributed by atoms with E-state index in [-0.39, 0.29) is 22.7 Å². The molecule has 6 aromatic rings. The molecule has 1 fully saturated rings. The molecule has 282 valence electrons. The van der Waals surface area contributed by atoms with E-state index in [4.69, 9.17) is 9.15 Å². The van der Waals surface area contributed by atoms with Gasteiger partial charge in [-0.1, -0.05) is 18.2 Å². The number of nitrogens with one attached hydrogen (secondary N) is 3. The minimum absolute atomic E-state index is 0.0520. The van der Waals surface area contributed by atoms with Gasteiger partial charge in [0.1, 0.15) is 27.9 Å². The van der Waals surface area contributed by atoms with Gasteiger partial charge >= 0.3 is 0 Å². The van der Waals surface area contributed by atoms with Crippen LogP contribution in [0.3, 0.4) is 0 Å².